The highest BCUT2D eigenvalue weighted by Crippen LogP contribution is 2.28. The number of benzene rings is 2. The standard InChI is InChI=1S/C23H28N6O3/c1-5-28(6-2)19-14-12-18(13-15-19)26-23(25-17(4)31)21(24-16(3)30)27-29(22(23)32)20-10-8-7-9-11-20/h7-15,26H,5-6H2,1-4H3,(H,25,31)(H,24,27,30). The second-order valence-corrected chi connectivity index (χ2v) is 7.36. The summed E-state index contributed by atoms with van der Waals surface area (Å²) in [5.41, 5.74) is 0.347. The Balaban J connectivity index is 2.03. The predicted octanol–water partition coefficient (Wildman–Crippen LogP) is 2.27. The Morgan fingerprint density at radius 1 is 0.969 bits per heavy atom. The Kier molecular flexibility index (Phi) is 6.77. The monoisotopic (exact) mass is 436 g/mol. The van der Waals surface area contributed by atoms with E-state index < -0.39 is 23.4 Å². The zero-order valence-corrected chi connectivity index (χ0v) is 18.7. The van der Waals surface area contributed by atoms with Gasteiger partial charge in [0.15, 0.2) is 5.84 Å². The Bertz CT molecular complexity index is 1020. The first-order valence-corrected chi connectivity index (χ1v) is 10.5. The Morgan fingerprint density at radius 3 is 2.12 bits per heavy atom. The third-order valence-corrected chi connectivity index (χ3v) is 5.05. The number of rotatable bonds is 7. The summed E-state index contributed by atoms with van der Waals surface area (Å²) in [6, 6.07) is 16.3. The van der Waals surface area contributed by atoms with Crippen LogP contribution in [0.4, 0.5) is 17.1 Å². The van der Waals surface area contributed by atoms with Crippen molar-refractivity contribution in [3.05, 3.63) is 54.6 Å². The van der Waals surface area contributed by atoms with Crippen LogP contribution in [-0.4, -0.2) is 42.3 Å². The van der Waals surface area contributed by atoms with Crippen molar-refractivity contribution in [1.29, 1.82) is 0 Å². The lowest BCUT2D eigenvalue weighted by molar-refractivity contribution is -0.127. The molecule has 168 valence electrons. The molecule has 0 radical (unpaired) electrons. The van der Waals surface area contributed by atoms with Gasteiger partial charge in [-0.2, -0.15) is 5.01 Å². The molecule has 1 aliphatic rings. The van der Waals surface area contributed by atoms with E-state index in [0.29, 0.717) is 11.4 Å². The molecule has 3 N–H and O–H groups in total. The molecule has 1 heterocycles. The van der Waals surface area contributed by atoms with E-state index in [-0.39, 0.29) is 5.84 Å². The van der Waals surface area contributed by atoms with Crippen molar-refractivity contribution >= 4 is 40.6 Å². The van der Waals surface area contributed by atoms with Crippen LogP contribution in [0.1, 0.15) is 27.7 Å². The topological polar surface area (TPSA) is 106 Å². The van der Waals surface area contributed by atoms with Gasteiger partial charge in [-0.3, -0.25) is 14.4 Å². The molecule has 0 aromatic heterocycles. The van der Waals surface area contributed by atoms with Crippen LogP contribution in [0, 0.1) is 0 Å². The predicted molar refractivity (Wildman–Crippen MR) is 125 cm³/mol. The molecule has 1 aliphatic heterocycles. The van der Waals surface area contributed by atoms with Crippen LogP contribution in [0.2, 0.25) is 0 Å². The van der Waals surface area contributed by atoms with Crippen LogP contribution in [0.25, 0.3) is 0 Å². The van der Waals surface area contributed by atoms with Crippen LogP contribution in [0.5, 0.6) is 0 Å². The molecule has 32 heavy (non-hydrogen) atoms. The third-order valence-electron chi connectivity index (χ3n) is 5.05. The molecule has 0 saturated heterocycles. The van der Waals surface area contributed by atoms with E-state index in [0.717, 1.165) is 18.8 Å². The summed E-state index contributed by atoms with van der Waals surface area (Å²) in [4.78, 5) is 39.8. The highest BCUT2D eigenvalue weighted by Gasteiger charge is 2.53. The molecular weight excluding hydrogens is 408 g/mol. The first kappa shape index (κ1) is 22.8. The van der Waals surface area contributed by atoms with E-state index in [1.165, 1.54) is 18.9 Å². The van der Waals surface area contributed by atoms with Gasteiger partial charge in [0.2, 0.25) is 11.8 Å². The molecule has 9 nitrogen and oxygen atoms in total. The van der Waals surface area contributed by atoms with Gasteiger partial charge in [0.1, 0.15) is 0 Å². The molecular formula is C23H28N6O3. The molecule has 1 unspecified atom stereocenters. The fraction of sp³-hybridized carbons (Fsp3) is 0.304. The molecule has 0 bridgehead atoms. The van der Waals surface area contributed by atoms with Gasteiger partial charge in [-0.15, -0.1) is 5.10 Å². The summed E-state index contributed by atoms with van der Waals surface area (Å²) in [5.74, 6) is -1.43. The quantitative estimate of drug-likeness (QED) is 0.578. The number of anilines is 3. The lowest BCUT2D eigenvalue weighted by Crippen LogP contribution is -2.67. The number of nitrogens with zero attached hydrogens (tertiary/aromatic N) is 3. The molecule has 2 aromatic rings. The van der Waals surface area contributed by atoms with Gasteiger partial charge < -0.3 is 20.9 Å². The summed E-state index contributed by atoms with van der Waals surface area (Å²) in [7, 11) is 0. The zero-order chi connectivity index (χ0) is 23.3. The summed E-state index contributed by atoms with van der Waals surface area (Å²) in [6.07, 6.45) is 0. The van der Waals surface area contributed by atoms with E-state index in [1.54, 1.807) is 24.3 Å². The first-order chi connectivity index (χ1) is 15.3. The van der Waals surface area contributed by atoms with Crippen molar-refractivity contribution in [3.63, 3.8) is 0 Å². The van der Waals surface area contributed by atoms with Crippen molar-refractivity contribution in [2.75, 3.05) is 28.3 Å². The van der Waals surface area contributed by atoms with Crippen LogP contribution < -0.4 is 25.9 Å². The van der Waals surface area contributed by atoms with Crippen molar-refractivity contribution in [3.8, 4) is 0 Å². The van der Waals surface area contributed by atoms with Crippen molar-refractivity contribution in [2.24, 2.45) is 5.10 Å². The van der Waals surface area contributed by atoms with Gasteiger partial charge in [0, 0.05) is 38.3 Å². The second kappa shape index (κ2) is 9.51. The number of amidine groups is 1. The normalized spacial score (nSPS) is 17.6. The number of hydrogen-bond donors (Lipinski definition) is 3. The Hall–Kier alpha value is -3.88. The summed E-state index contributed by atoms with van der Waals surface area (Å²) in [5, 5.41) is 13.9. The highest BCUT2D eigenvalue weighted by molar-refractivity contribution is 6.27. The SMILES string of the molecule is CCN(CC)c1ccc(NC2(NC(C)=O)C(=O)N(c3ccccc3)N=C2NC(C)=O)cc1. The van der Waals surface area contributed by atoms with Crippen molar-refractivity contribution in [1.82, 2.24) is 10.6 Å². The molecule has 2 aromatic carbocycles. The van der Waals surface area contributed by atoms with E-state index >= 15 is 0 Å². The second-order valence-electron chi connectivity index (χ2n) is 7.36. The van der Waals surface area contributed by atoms with Gasteiger partial charge in [0.05, 0.1) is 5.69 Å². The Morgan fingerprint density at radius 2 is 1.59 bits per heavy atom. The molecule has 0 fully saturated rings. The maximum absolute atomic E-state index is 13.6. The van der Waals surface area contributed by atoms with Gasteiger partial charge in [-0.25, -0.2) is 0 Å². The fourth-order valence-electron chi connectivity index (χ4n) is 3.59. The van der Waals surface area contributed by atoms with Crippen LogP contribution in [0.15, 0.2) is 59.7 Å². The lowest BCUT2D eigenvalue weighted by Gasteiger charge is -2.31. The van der Waals surface area contributed by atoms with Gasteiger partial charge in [-0.05, 0) is 50.2 Å². The maximum atomic E-state index is 13.6. The molecule has 1 atom stereocenters. The molecule has 9 heteroatoms. The minimum Gasteiger partial charge on any atom is -0.372 e. The third kappa shape index (κ3) is 4.56. The zero-order valence-electron chi connectivity index (χ0n) is 18.7. The van der Waals surface area contributed by atoms with Crippen LogP contribution >= 0.6 is 0 Å². The highest BCUT2D eigenvalue weighted by atomic mass is 16.2. The minimum absolute atomic E-state index is 0.0122. The van der Waals surface area contributed by atoms with Crippen LogP contribution in [0.3, 0.4) is 0 Å². The number of nitrogens with one attached hydrogen (secondary N) is 3. The fourth-order valence-corrected chi connectivity index (χ4v) is 3.59. The van der Waals surface area contributed by atoms with Gasteiger partial charge in [0.25, 0.3) is 5.66 Å². The minimum atomic E-state index is -1.77. The number of carbonyl (C=O) groups is 3. The van der Waals surface area contributed by atoms with E-state index in [9.17, 15) is 14.4 Å². The van der Waals surface area contributed by atoms with E-state index in [1.807, 2.05) is 30.3 Å². The molecule has 3 rings (SSSR count). The molecule has 3 amide bonds. The number of hydrogen-bond acceptors (Lipinski definition) is 6. The number of carbonyl (C=O) groups excluding carboxylic acids is 3. The smallest absolute Gasteiger partial charge is 0.302 e. The Labute approximate surface area is 187 Å². The summed E-state index contributed by atoms with van der Waals surface area (Å²) >= 11 is 0. The van der Waals surface area contributed by atoms with Crippen molar-refractivity contribution in [2.45, 2.75) is 33.4 Å². The first-order valence-electron chi connectivity index (χ1n) is 10.5. The maximum Gasteiger partial charge on any atom is 0.302 e. The molecule has 0 saturated carbocycles. The summed E-state index contributed by atoms with van der Waals surface area (Å²) < 4.78 is 0. The van der Waals surface area contributed by atoms with Crippen molar-refractivity contribution < 1.29 is 14.4 Å². The number of para-hydroxylation sites is 1. The average Bonchev–Trinajstić information content (AvgIpc) is 3.01. The lowest BCUT2D eigenvalue weighted by atomic mass is 10.1. The van der Waals surface area contributed by atoms with Gasteiger partial charge >= 0.3 is 5.91 Å². The largest absolute Gasteiger partial charge is 0.372 e. The molecule has 0 aliphatic carbocycles. The summed E-state index contributed by atoms with van der Waals surface area (Å²) in [6.45, 7) is 8.50. The average molecular weight is 437 g/mol. The molecule has 0 spiro atoms. The number of amides is 3. The van der Waals surface area contributed by atoms with E-state index in [2.05, 4.69) is 39.8 Å². The van der Waals surface area contributed by atoms with Crippen LogP contribution in [-0.2, 0) is 14.4 Å². The van der Waals surface area contributed by atoms with Gasteiger partial charge in [-0.1, -0.05) is 18.2 Å². The van der Waals surface area contributed by atoms with E-state index in [4.69, 9.17) is 0 Å². The number of hydrazone groups is 1.